The third-order valence-electron chi connectivity index (χ3n) is 3.41. The van der Waals surface area contributed by atoms with Gasteiger partial charge in [-0.2, -0.15) is 0 Å². The maximum atomic E-state index is 11.9. The molecular weight excluding hydrogens is 260 g/mol. The largest absolute Gasteiger partial charge is 0.300 e. The van der Waals surface area contributed by atoms with Crippen LogP contribution in [0.5, 0.6) is 0 Å². The average molecular weight is 282 g/mol. The highest BCUT2D eigenvalue weighted by Crippen LogP contribution is 2.27. The zero-order chi connectivity index (χ0) is 14.5. The minimum absolute atomic E-state index is 0.112. The van der Waals surface area contributed by atoms with E-state index in [0.29, 0.717) is 11.3 Å². The molecule has 0 saturated carbocycles. The smallest absolute Gasteiger partial charge is 0.178 e. The molecule has 0 aliphatic rings. The van der Waals surface area contributed by atoms with Gasteiger partial charge in [0.15, 0.2) is 9.84 Å². The van der Waals surface area contributed by atoms with Crippen molar-refractivity contribution in [1.29, 1.82) is 0 Å². The van der Waals surface area contributed by atoms with E-state index in [2.05, 4.69) is 6.92 Å². The second-order valence-corrected chi connectivity index (χ2v) is 7.10. The van der Waals surface area contributed by atoms with Gasteiger partial charge >= 0.3 is 0 Å². The lowest BCUT2D eigenvalue weighted by molar-refractivity contribution is -0.117. The van der Waals surface area contributed by atoms with Crippen LogP contribution in [0.4, 0.5) is 0 Å². The summed E-state index contributed by atoms with van der Waals surface area (Å²) in [4.78, 5) is 11.5. The number of carbonyl (C=O) groups is 1. The molecule has 3 nitrogen and oxygen atoms in total. The predicted octanol–water partition coefficient (Wildman–Crippen LogP) is 3.34. The van der Waals surface area contributed by atoms with Gasteiger partial charge in [-0.1, -0.05) is 26.0 Å². The van der Waals surface area contributed by atoms with Gasteiger partial charge in [0.1, 0.15) is 5.78 Å². The fourth-order valence-electron chi connectivity index (χ4n) is 2.11. The summed E-state index contributed by atoms with van der Waals surface area (Å²) in [6.45, 7) is 5.30. The van der Waals surface area contributed by atoms with E-state index >= 15 is 0 Å². The van der Waals surface area contributed by atoms with Crippen molar-refractivity contribution in [3.8, 4) is 0 Å². The fourth-order valence-corrected chi connectivity index (χ4v) is 3.05. The summed E-state index contributed by atoms with van der Waals surface area (Å²) in [6, 6.07) is 7.13. The number of rotatable bonds is 7. The van der Waals surface area contributed by atoms with E-state index in [4.69, 9.17) is 0 Å². The van der Waals surface area contributed by atoms with Crippen LogP contribution in [0.25, 0.3) is 0 Å². The van der Waals surface area contributed by atoms with Crippen molar-refractivity contribution in [1.82, 2.24) is 0 Å². The first-order chi connectivity index (χ1) is 8.90. The van der Waals surface area contributed by atoms with Crippen LogP contribution >= 0.6 is 0 Å². The second kappa shape index (κ2) is 6.85. The summed E-state index contributed by atoms with van der Waals surface area (Å²) in [5.41, 5.74) is 1.01. The highest BCUT2D eigenvalue weighted by Gasteiger charge is 2.15. The molecule has 0 aliphatic heterocycles. The predicted molar refractivity (Wildman–Crippen MR) is 77.1 cm³/mol. The van der Waals surface area contributed by atoms with Gasteiger partial charge in [-0.3, -0.25) is 0 Å². The third kappa shape index (κ3) is 4.46. The van der Waals surface area contributed by atoms with Crippen molar-refractivity contribution in [2.45, 2.75) is 50.8 Å². The minimum Gasteiger partial charge on any atom is -0.300 e. The molecule has 0 heterocycles. The normalized spacial score (nSPS) is 13.2. The summed E-state index contributed by atoms with van der Waals surface area (Å²) >= 11 is 0. The van der Waals surface area contributed by atoms with Gasteiger partial charge in [-0.05, 0) is 43.4 Å². The third-order valence-corrected chi connectivity index (χ3v) is 5.14. The topological polar surface area (TPSA) is 51.2 Å². The molecule has 0 spiro atoms. The van der Waals surface area contributed by atoms with Crippen LogP contribution in [0, 0.1) is 0 Å². The van der Waals surface area contributed by atoms with E-state index in [-0.39, 0.29) is 17.5 Å². The number of hydrogen-bond acceptors (Lipinski definition) is 3. The molecular formula is C15H22O3S. The Morgan fingerprint density at radius 2 is 1.95 bits per heavy atom. The van der Waals surface area contributed by atoms with Crippen LogP contribution in [0.15, 0.2) is 29.2 Å². The Hall–Kier alpha value is -1.16. The fraction of sp³-hybridized carbons (Fsp3) is 0.533. The van der Waals surface area contributed by atoms with Gasteiger partial charge in [0.25, 0.3) is 0 Å². The van der Waals surface area contributed by atoms with E-state index in [1.807, 2.05) is 6.07 Å². The molecule has 0 fully saturated rings. The first kappa shape index (κ1) is 15.9. The number of carbonyl (C=O) groups excluding carboxylic acids is 1. The quantitative estimate of drug-likeness (QED) is 0.770. The summed E-state index contributed by atoms with van der Waals surface area (Å²) < 4.78 is 23.8. The maximum absolute atomic E-state index is 11.9. The summed E-state index contributed by atoms with van der Waals surface area (Å²) in [5, 5.41) is 0. The van der Waals surface area contributed by atoms with E-state index in [1.165, 1.54) is 0 Å². The van der Waals surface area contributed by atoms with Crippen LogP contribution in [-0.2, 0) is 14.6 Å². The molecule has 0 aromatic heterocycles. The summed E-state index contributed by atoms with van der Waals surface area (Å²) in [7, 11) is -3.16. The van der Waals surface area contributed by atoms with Gasteiger partial charge in [0.05, 0.1) is 10.6 Å². The zero-order valence-electron chi connectivity index (χ0n) is 11.8. The molecule has 4 heteroatoms. The Kier molecular flexibility index (Phi) is 5.73. The van der Waals surface area contributed by atoms with E-state index in [1.54, 1.807) is 32.0 Å². The first-order valence-corrected chi connectivity index (χ1v) is 8.38. The van der Waals surface area contributed by atoms with Crippen molar-refractivity contribution in [3.05, 3.63) is 29.8 Å². The number of Topliss-reactive ketones (excluding diaryl/α,β-unsaturated/α-hetero) is 1. The van der Waals surface area contributed by atoms with Crippen molar-refractivity contribution in [2.75, 3.05) is 5.75 Å². The molecule has 1 atom stereocenters. The Morgan fingerprint density at radius 3 is 2.47 bits per heavy atom. The maximum Gasteiger partial charge on any atom is 0.178 e. The van der Waals surface area contributed by atoms with Crippen LogP contribution in [0.3, 0.4) is 0 Å². The molecule has 1 aromatic carbocycles. The Balaban J connectivity index is 3.00. The van der Waals surface area contributed by atoms with Crippen LogP contribution in [0.2, 0.25) is 0 Å². The summed E-state index contributed by atoms with van der Waals surface area (Å²) in [5.74, 6) is 0.535. The first-order valence-electron chi connectivity index (χ1n) is 6.72. The van der Waals surface area contributed by atoms with Gasteiger partial charge in [0.2, 0.25) is 0 Å². The van der Waals surface area contributed by atoms with E-state index in [9.17, 15) is 13.2 Å². The number of hydrogen-bond donors (Lipinski definition) is 0. The van der Waals surface area contributed by atoms with Gasteiger partial charge < -0.3 is 4.79 Å². The lowest BCUT2D eigenvalue weighted by Crippen LogP contribution is -2.06. The molecule has 0 amide bonds. The molecule has 0 N–H and O–H groups in total. The molecule has 1 unspecified atom stereocenters. The molecule has 106 valence electrons. The van der Waals surface area contributed by atoms with Gasteiger partial charge in [-0.15, -0.1) is 0 Å². The van der Waals surface area contributed by atoms with Crippen molar-refractivity contribution >= 4 is 15.6 Å². The Morgan fingerprint density at radius 1 is 1.26 bits per heavy atom. The SMILES string of the molecule is CCC(CCC(C)=O)c1cccc(S(=O)(=O)CC)c1. The van der Waals surface area contributed by atoms with Gasteiger partial charge in [0, 0.05) is 6.42 Å². The van der Waals surface area contributed by atoms with Gasteiger partial charge in [-0.25, -0.2) is 8.42 Å². The lowest BCUT2D eigenvalue weighted by Gasteiger charge is -2.15. The van der Waals surface area contributed by atoms with Crippen LogP contribution < -0.4 is 0 Å². The van der Waals surface area contributed by atoms with Crippen LogP contribution in [0.1, 0.15) is 51.5 Å². The molecule has 0 aliphatic carbocycles. The molecule has 1 aromatic rings. The lowest BCUT2D eigenvalue weighted by atomic mass is 9.91. The molecule has 1 rings (SSSR count). The van der Waals surface area contributed by atoms with Crippen molar-refractivity contribution < 1.29 is 13.2 Å². The van der Waals surface area contributed by atoms with Crippen LogP contribution in [-0.4, -0.2) is 20.0 Å². The monoisotopic (exact) mass is 282 g/mol. The number of sulfone groups is 1. The number of benzene rings is 1. The standard InChI is InChI=1S/C15H22O3S/c1-4-13(10-9-12(3)16)14-7-6-8-15(11-14)19(17,18)5-2/h6-8,11,13H,4-5,9-10H2,1-3H3. The molecule has 0 saturated heterocycles. The number of ketones is 1. The average Bonchev–Trinajstić information content (AvgIpc) is 2.39. The van der Waals surface area contributed by atoms with Crippen molar-refractivity contribution in [3.63, 3.8) is 0 Å². The summed E-state index contributed by atoms with van der Waals surface area (Å²) in [6.07, 6.45) is 2.23. The van der Waals surface area contributed by atoms with E-state index in [0.717, 1.165) is 18.4 Å². The highest BCUT2D eigenvalue weighted by molar-refractivity contribution is 7.91. The molecule has 19 heavy (non-hydrogen) atoms. The Bertz CT molecular complexity index is 532. The minimum atomic E-state index is -3.16. The Labute approximate surface area is 116 Å². The molecule has 0 bridgehead atoms. The van der Waals surface area contributed by atoms with Crippen molar-refractivity contribution in [2.24, 2.45) is 0 Å². The zero-order valence-corrected chi connectivity index (χ0v) is 12.7. The second-order valence-electron chi connectivity index (χ2n) is 4.82. The highest BCUT2D eigenvalue weighted by atomic mass is 32.2. The van der Waals surface area contributed by atoms with E-state index < -0.39 is 9.84 Å². The molecule has 0 radical (unpaired) electrons.